The summed E-state index contributed by atoms with van der Waals surface area (Å²) in [6.07, 6.45) is 0. The van der Waals surface area contributed by atoms with Gasteiger partial charge in [0.15, 0.2) is 23.1 Å². The first-order chi connectivity index (χ1) is 32.8. The number of furan rings is 1. The van der Waals surface area contributed by atoms with E-state index in [-0.39, 0.29) is 10.8 Å². The van der Waals surface area contributed by atoms with Crippen LogP contribution in [-0.2, 0) is 0 Å². The molecule has 0 fully saturated rings. The smallest absolute Gasteiger partial charge is 0.227 e. The largest absolute Gasteiger partial charge is 0.456 e. The summed E-state index contributed by atoms with van der Waals surface area (Å²) in [7, 11) is 0. The predicted molar refractivity (Wildman–Crippen MR) is 182 cm³/mol. The van der Waals surface area contributed by atoms with Gasteiger partial charge in [0.2, 0.25) is 5.89 Å². The van der Waals surface area contributed by atoms with E-state index in [1.807, 2.05) is 0 Å². The molecule has 216 valence electrons. The Morgan fingerprint density at radius 3 is 1.67 bits per heavy atom. The minimum absolute atomic E-state index is 0.319. The zero-order valence-electron chi connectivity index (χ0n) is 46.6. The molecule has 6 aromatic carbocycles. The molecule has 9 aromatic rings. The topological polar surface area (TPSA) is 77.8 Å². The van der Waals surface area contributed by atoms with Gasteiger partial charge in [-0.3, -0.25) is 0 Å². The SMILES string of the molecule is [2H]c1c([2H])c([2H])c(-c2nc(-c3c([2H])c([2H])c(-c4c([2H])c([2H])c5nc(-c6c([2H])c([2H])c([2H])c([2H])c6[2H])oc5c4[2H])c([2H])c3[2H])nc(-c3c([2H])c([2H])c4c(oc5c([2H])c([2H])c([2H])c([2H])c54)c3[2H])n2)c([2H])c1[2H]. The van der Waals surface area contributed by atoms with Crippen LogP contribution in [0.15, 0.2) is 154 Å². The lowest BCUT2D eigenvalue weighted by Crippen LogP contribution is -2.00. The summed E-state index contributed by atoms with van der Waals surface area (Å²) >= 11 is 0. The first kappa shape index (κ1) is 11.5. The number of nitrogens with zero attached hydrogens (tertiary/aromatic N) is 4. The Kier molecular flexibility index (Phi) is 2.66. The van der Waals surface area contributed by atoms with Crippen LogP contribution in [0.2, 0.25) is 0 Å². The van der Waals surface area contributed by atoms with Crippen LogP contribution < -0.4 is 0 Å². The lowest BCUT2D eigenvalue weighted by atomic mass is 10.0. The number of para-hydroxylation sites is 1. The van der Waals surface area contributed by atoms with Crippen molar-refractivity contribution in [1.82, 2.24) is 19.9 Å². The molecule has 6 nitrogen and oxygen atoms in total. The van der Waals surface area contributed by atoms with Crippen LogP contribution in [0.4, 0.5) is 0 Å². The van der Waals surface area contributed by atoms with Crippen LogP contribution in [0.1, 0.15) is 32.9 Å². The normalized spacial score (nSPS) is 18.8. The summed E-state index contributed by atoms with van der Waals surface area (Å²) < 4.78 is 218. The predicted octanol–water partition coefficient (Wildman–Crippen LogP) is 10.2. The molecule has 0 bridgehead atoms. The van der Waals surface area contributed by atoms with E-state index in [0.717, 1.165) is 0 Å². The van der Waals surface area contributed by atoms with E-state index in [1.54, 1.807) is 0 Å². The van der Waals surface area contributed by atoms with E-state index < -0.39 is 224 Å². The first-order valence-electron chi connectivity index (χ1n) is 25.1. The zero-order valence-corrected chi connectivity index (χ0v) is 22.6. The van der Waals surface area contributed by atoms with E-state index in [0.29, 0.717) is 0 Å². The number of oxazole rings is 1. The van der Waals surface area contributed by atoms with Gasteiger partial charge in [0.25, 0.3) is 0 Å². The molecule has 0 atom stereocenters. The molecule has 0 unspecified atom stereocenters. The minimum atomic E-state index is -0.988. The van der Waals surface area contributed by atoms with Crippen LogP contribution in [0.5, 0.6) is 0 Å². The number of benzene rings is 6. The highest BCUT2D eigenvalue weighted by atomic mass is 16.3. The van der Waals surface area contributed by atoms with Gasteiger partial charge in [-0.15, -0.1) is 0 Å². The lowest BCUT2D eigenvalue weighted by molar-refractivity contribution is 0.620. The molecule has 0 N–H and O–H groups in total. The number of hydrogen-bond acceptors (Lipinski definition) is 6. The summed E-state index contributed by atoms with van der Waals surface area (Å²) in [5.41, 5.74) is -6.16. The number of rotatable bonds is 5. The Bertz CT molecular complexity index is 3820. The molecule has 0 spiro atoms. The Hall–Kier alpha value is -6.40. The fourth-order valence-electron chi connectivity index (χ4n) is 4.38. The van der Waals surface area contributed by atoms with Gasteiger partial charge in [0.1, 0.15) is 16.7 Å². The van der Waals surface area contributed by atoms with Gasteiger partial charge in [-0.05, 0) is 53.4 Å². The molecule has 0 aliphatic carbocycles. The molecule has 0 saturated heterocycles. The van der Waals surface area contributed by atoms with Gasteiger partial charge in [0, 0.05) is 33.0 Å². The molecule has 3 aromatic heterocycles. The van der Waals surface area contributed by atoms with Gasteiger partial charge in [-0.1, -0.05) is 103 Å². The van der Waals surface area contributed by atoms with E-state index >= 15 is 0 Å². The Balaban J connectivity index is 1.32. The molecule has 6 heteroatoms. The van der Waals surface area contributed by atoms with Crippen molar-refractivity contribution >= 4 is 33.0 Å². The van der Waals surface area contributed by atoms with Gasteiger partial charge >= 0.3 is 0 Å². The standard InChI is InChI=1S/C40H24N4O2/c1-3-9-26(10-4-1)37-42-38(44-39(43-37)30-19-21-32-31-13-7-8-14-34(31)45-35(32)24-30)27-17-15-25(16-18-27)29-20-22-33-36(23-29)46-40(41-33)28-11-5-2-6-12-28/h1-24H/i1D,2D,3D,4D,5D,6D,7D,8D,9D,10D,11D,12D,13D,14D,15D,16D,17D,18D,19D,20D,21D,22D,23D,24D. The molecule has 0 amide bonds. The second-order valence-electron chi connectivity index (χ2n) is 9.26. The highest BCUT2D eigenvalue weighted by molar-refractivity contribution is 6.05. The Morgan fingerprint density at radius 2 is 0.913 bits per heavy atom. The van der Waals surface area contributed by atoms with E-state index in [9.17, 15) is 4.11 Å². The third-order valence-corrected chi connectivity index (χ3v) is 6.45. The van der Waals surface area contributed by atoms with Crippen molar-refractivity contribution in [2.24, 2.45) is 0 Å². The highest BCUT2D eigenvalue weighted by Gasteiger charge is 2.15. The van der Waals surface area contributed by atoms with Crippen molar-refractivity contribution in [3.63, 3.8) is 0 Å². The van der Waals surface area contributed by atoms with Crippen LogP contribution in [0, 0.1) is 0 Å². The monoisotopic (exact) mass is 616 g/mol. The quantitative estimate of drug-likeness (QED) is 0.191. The molecular weight excluding hydrogens is 568 g/mol. The maximum absolute atomic E-state index is 9.20. The summed E-state index contributed by atoms with van der Waals surface area (Å²) in [6.45, 7) is 0. The molecule has 9 rings (SSSR count). The third-order valence-electron chi connectivity index (χ3n) is 6.45. The number of hydrogen-bond donors (Lipinski definition) is 0. The Labute approximate surface area is 297 Å². The second-order valence-corrected chi connectivity index (χ2v) is 9.26. The van der Waals surface area contributed by atoms with Crippen molar-refractivity contribution in [1.29, 1.82) is 0 Å². The highest BCUT2D eigenvalue weighted by Crippen LogP contribution is 2.33. The summed E-state index contributed by atoms with van der Waals surface area (Å²) in [6, 6.07) is -19.4. The molecule has 0 saturated carbocycles. The average Bonchev–Trinajstić information content (AvgIpc) is 3.96. The van der Waals surface area contributed by atoms with E-state index in [1.165, 1.54) is 0 Å². The van der Waals surface area contributed by atoms with Crippen molar-refractivity contribution in [2.75, 3.05) is 0 Å². The van der Waals surface area contributed by atoms with Crippen LogP contribution in [0.25, 0.3) is 89.8 Å². The van der Waals surface area contributed by atoms with Gasteiger partial charge < -0.3 is 8.83 Å². The summed E-state index contributed by atoms with van der Waals surface area (Å²) in [5.74, 6) is -3.00. The molecule has 0 aliphatic heterocycles. The van der Waals surface area contributed by atoms with Crippen molar-refractivity contribution in [2.45, 2.75) is 0 Å². The molecular formula is C40H24N4O2. The van der Waals surface area contributed by atoms with Crippen LogP contribution in [0.3, 0.4) is 0 Å². The maximum atomic E-state index is 9.20. The fourth-order valence-corrected chi connectivity index (χ4v) is 4.38. The first-order valence-corrected chi connectivity index (χ1v) is 13.1. The van der Waals surface area contributed by atoms with Crippen molar-refractivity contribution in [3.8, 4) is 56.7 Å². The lowest BCUT2D eigenvalue weighted by Gasteiger charge is -2.09. The molecule has 46 heavy (non-hydrogen) atoms. The molecule has 3 heterocycles. The van der Waals surface area contributed by atoms with Gasteiger partial charge in [-0.2, -0.15) is 0 Å². The molecule has 0 aliphatic rings. The summed E-state index contributed by atoms with van der Waals surface area (Å²) in [4.78, 5) is 16.9. The zero-order chi connectivity index (χ0) is 51.3. The van der Waals surface area contributed by atoms with Crippen molar-refractivity contribution in [3.05, 3.63) is 145 Å². The molecule has 0 radical (unpaired) electrons. The summed E-state index contributed by atoms with van der Waals surface area (Å²) in [5, 5.41) is -0.677. The van der Waals surface area contributed by atoms with Crippen LogP contribution in [-0.4, -0.2) is 19.9 Å². The van der Waals surface area contributed by atoms with E-state index in [4.69, 9.17) is 37.6 Å². The van der Waals surface area contributed by atoms with E-state index in [2.05, 4.69) is 19.9 Å². The second kappa shape index (κ2) is 10.6. The van der Waals surface area contributed by atoms with Gasteiger partial charge in [0.05, 0.1) is 32.9 Å². The minimum Gasteiger partial charge on any atom is -0.456 e. The average molecular weight is 617 g/mol. The number of aromatic nitrogens is 4. The fraction of sp³-hybridized carbons (Fsp3) is 0. The Morgan fingerprint density at radius 1 is 0.370 bits per heavy atom. The third kappa shape index (κ3) is 4.60. The maximum Gasteiger partial charge on any atom is 0.227 e. The van der Waals surface area contributed by atoms with Crippen molar-refractivity contribution < 1.29 is 41.7 Å². The number of fused-ring (bicyclic) bond motifs is 4. The van der Waals surface area contributed by atoms with Gasteiger partial charge in [-0.25, -0.2) is 19.9 Å². The van der Waals surface area contributed by atoms with Crippen LogP contribution >= 0.6 is 0 Å².